The molecule has 1 amide bonds. The number of nitrogens with one attached hydrogen (secondary N) is 1. The Kier molecular flexibility index (Phi) is 6.53. The topological polar surface area (TPSA) is 63.3 Å². The molecule has 2 aliphatic rings. The van der Waals surface area contributed by atoms with Crippen LogP contribution in [0.1, 0.15) is 15.9 Å². The van der Waals surface area contributed by atoms with E-state index in [4.69, 9.17) is 14.2 Å². The summed E-state index contributed by atoms with van der Waals surface area (Å²) in [4.78, 5) is 17.7. The number of benzene rings is 3. The third-order valence-corrected chi connectivity index (χ3v) is 6.20. The van der Waals surface area contributed by atoms with Crippen LogP contribution in [0.25, 0.3) is 0 Å². The normalized spacial score (nSPS) is 15.6. The summed E-state index contributed by atoms with van der Waals surface area (Å²) in [5, 5.41) is 2.96. The Morgan fingerprint density at radius 3 is 2.41 bits per heavy atom. The first-order valence-corrected chi connectivity index (χ1v) is 11.6. The van der Waals surface area contributed by atoms with Crippen molar-refractivity contribution in [1.82, 2.24) is 4.90 Å². The van der Waals surface area contributed by atoms with E-state index in [9.17, 15) is 4.79 Å². The van der Waals surface area contributed by atoms with Crippen molar-refractivity contribution in [1.29, 1.82) is 0 Å². The van der Waals surface area contributed by atoms with Crippen molar-refractivity contribution >= 4 is 17.3 Å². The first-order valence-electron chi connectivity index (χ1n) is 11.6. The number of rotatable bonds is 6. The summed E-state index contributed by atoms with van der Waals surface area (Å²) in [6.07, 6.45) is 0. The molecule has 34 heavy (non-hydrogen) atoms. The Hall–Kier alpha value is -3.71. The second-order valence-corrected chi connectivity index (χ2v) is 8.45. The summed E-state index contributed by atoms with van der Waals surface area (Å²) < 4.78 is 16.6. The largest absolute Gasteiger partial charge is 0.493 e. The maximum absolute atomic E-state index is 12.9. The van der Waals surface area contributed by atoms with Crippen molar-refractivity contribution in [3.8, 4) is 17.2 Å². The highest BCUT2D eigenvalue weighted by molar-refractivity contribution is 6.05. The van der Waals surface area contributed by atoms with Crippen LogP contribution in [0.5, 0.6) is 17.2 Å². The maximum atomic E-state index is 12.9. The van der Waals surface area contributed by atoms with Crippen LogP contribution in [-0.2, 0) is 6.54 Å². The summed E-state index contributed by atoms with van der Waals surface area (Å²) >= 11 is 0. The number of anilines is 2. The lowest BCUT2D eigenvalue weighted by molar-refractivity contribution is 0.102. The van der Waals surface area contributed by atoms with Crippen LogP contribution < -0.4 is 24.4 Å². The minimum Gasteiger partial charge on any atom is -0.493 e. The molecule has 0 saturated carbocycles. The highest BCUT2D eigenvalue weighted by Crippen LogP contribution is 2.40. The minimum atomic E-state index is -0.224. The SMILES string of the molecule is COc1cc(C(=O)Nc2ccc(N3CCN(Cc4ccccc4)CC3)cc2)cc2c1OCCO2. The average Bonchev–Trinajstić information content (AvgIpc) is 2.89. The molecular weight excluding hydrogens is 430 g/mol. The van der Waals surface area contributed by atoms with E-state index in [1.807, 2.05) is 12.1 Å². The minimum absolute atomic E-state index is 0.224. The van der Waals surface area contributed by atoms with Crippen molar-refractivity contribution in [3.05, 3.63) is 77.9 Å². The van der Waals surface area contributed by atoms with Crippen LogP contribution in [-0.4, -0.2) is 57.3 Å². The zero-order valence-corrected chi connectivity index (χ0v) is 19.3. The van der Waals surface area contributed by atoms with Gasteiger partial charge in [-0.3, -0.25) is 9.69 Å². The van der Waals surface area contributed by atoms with Gasteiger partial charge in [0, 0.05) is 49.7 Å². The van der Waals surface area contributed by atoms with Crippen LogP contribution in [0.2, 0.25) is 0 Å². The number of methoxy groups -OCH3 is 1. The third-order valence-electron chi connectivity index (χ3n) is 6.20. The monoisotopic (exact) mass is 459 g/mol. The summed E-state index contributed by atoms with van der Waals surface area (Å²) in [7, 11) is 1.55. The number of amides is 1. The fourth-order valence-corrected chi connectivity index (χ4v) is 4.37. The van der Waals surface area contributed by atoms with E-state index in [2.05, 4.69) is 57.6 Å². The summed E-state index contributed by atoms with van der Waals surface area (Å²) in [6.45, 7) is 5.92. The van der Waals surface area contributed by atoms with Crippen LogP contribution in [0, 0.1) is 0 Å². The number of carbonyl (C=O) groups is 1. The van der Waals surface area contributed by atoms with Crippen molar-refractivity contribution in [2.75, 3.05) is 56.7 Å². The van der Waals surface area contributed by atoms with E-state index in [0.29, 0.717) is 36.0 Å². The van der Waals surface area contributed by atoms with E-state index in [1.165, 1.54) is 11.3 Å². The van der Waals surface area contributed by atoms with Crippen molar-refractivity contribution in [2.24, 2.45) is 0 Å². The molecule has 1 saturated heterocycles. The van der Waals surface area contributed by atoms with Gasteiger partial charge in [0.05, 0.1) is 7.11 Å². The predicted molar refractivity (Wildman–Crippen MR) is 132 cm³/mol. The molecule has 1 fully saturated rings. The van der Waals surface area contributed by atoms with E-state index < -0.39 is 0 Å². The molecule has 0 spiro atoms. The number of carbonyl (C=O) groups excluding carboxylic acids is 1. The second-order valence-electron chi connectivity index (χ2n) is 8.45. The Morgan fingerprint density at radius 1 is 0.941 bits per heavy atom. The molecule has 0 aromatic heterocycles. The van der Waals surface area contributed by atoms with Gasteiger partial charge in [-0.15, -0.1) is 0 Å². The van der Waals surface area contributed by atoms with Gasteiger partial charge in [-0.25, -0.2) is 0 Å². The average molecular weight is 460 g/mol. The Morgan fingerprint density at radius 2 is 1.68 bits per heavy atom. The highest BCUT2D eigenvalue weighted by Gasteiger charge is 2.21. The smallest absolute Gasteiger partial charge is 0.255 e. The third kappa shape index (κ3) is 4.94. The lowest BCUT2D eigenvalue weighted by Gasteiger charge is -2.36. The van der Waals surface area contributed by atoms with Crippen molar-refractivity contribution < 1.29 is 19.0 Å². The first-order chi connectivity index (χ1) is 16.7. The van der Waals surface area contributed by atoms with Gasteiger partial charge in [-0.2, -0.15) is 0 Å². The van der Waals surface area contributed by atoms with Gasteiger partial charge in [0.25, 0.3) is 5.91 Å². The summed E-state index contributed by atoms with van der Waals surface area (Å²) in [5.74, 6) is 1.33. The standard InChI is InChI=1S/C27H29N3O4/c1-32-24-17-21(18-25-26(24)34-16-15-33-25)27(31)28-22-7-9-23(10-8-22)30-13-11-29(12-14-30)19-20-5-3-2-4-6-20/h2-10,17-18H,11-16,19H2,1H3,(H,28,31). The molecule has 0 atom stereocenters. The van der Waals surface area contributed by atoms with Crippen molar-refractivity contribution in [2.45, 2.75) is 6.54 Å². The number of piperazine rings is 1. The fourth-order valence-electron chi connectivity index (χ4n) is 4.37. The van der Waals surface area contributed by atoms with Gasteiger partial charge >= 0.3 is 0 Å². The zero-order valence-electron chi connectivity index (χ0n) is 19.3. The molecule has 5 rings (SSSR count). The number of nitrogens with zero attached hydrogens (tertiary/aromatic N) is 2. The number of hydrogen-bond acceptors (Lipinski definition) is 6. The van der Waals surface area contributed by atoms with Crippen LogP contribution in [0.4, 0.5) is 11.4 Å². The van der Waals surface area contributed by atoms with Gasteiger partial charge < -0.3 is 24.4 Å². The lowest BCUT2D eigenvalue weighted by Crippen LogP contribution is -2.45. The molecule has 3 aromatic carbocycles. The molecule has 0 radical (unpaired) electrons. The number of hydrogen-bond donors (Lipinski definition) is 1. The van der Waals surface area contributed by atoms with Gasteiger partial charge in [-0.1, -0.05) is 30.3 Å². The molecule has 176 valence electrons. The van der Waals surface area contributed by atoms with Gasteiger partial charge in [0.15, 0.2) is 11.5 Å². The Bertz CT molecular complexity index is 1110. The van der Waals surface area contributed by atoms with Gasteiger partial charge in [0.1, 0.15) is 13.2 Å². The van der Waals surface area contributed by atoms with E-state index >= 15 is 0 Å². The molecular formula is C27H29N3O4. The van der Waals surface area contributed by atoms with Crippen molar-refractivity contribution in [3.63, 3.8) is 0 Å². The first kappa shape index (κ1) is 22.1. The quantitative estimate of drug-likeness (QED) is 0.600. The molecule has 0 bridgehead atoms. The molecule has 7 heteroatoms. The highest BCUT2D eigenvalue weighted by atomic mass is 16.6. The molecule has 2 heterocycles. The molecule has 7 nitrogen and oxygen atoms in total. The number of ether oxygens (including phenoxy) is 3. The zero-order chi connectivity index (χ0) is 23.3. The molecule has 3 aromatic rings. The van der Waals surface area contributed by atoms with E-state index in [0.717, 1.165) is 38.4 Å². The Balaban J connectivity index is 1.18. The van der Waals surface area contributed by atoms with Crippen LogP contribution >= 0.6 is 0 Å². The van der Waals surface area contributed by atoms with E-state index in [1.54, 1.807) is 19.2 Å². The number of fused-ring (bicyclic) bond motifs is 1. The van der Waals surface area contributed by atoms with Gasteiger partial charge in [0.2, 0.25) is 5.75 Å². The fraction of sp³-hybridized carbons (Fsp3) is 0.296. The Labute approximate surface area is 199 Å². The van der Waals surface area contributed by atoms with Gasteiger partial charge in [-0.05, 0) is 42.0 Å². The summed E-state index contributed by atoms with van der Waals surface area (Å²) in [5.41, 5.74) is 3.72. The second kappa shape index (κ2) is 10.1. The van der Waals surface area contributed by atoms with E-state index in [-0.39, 0.29) is 5.91 Å². The van der Waals surface area contributed by atoms with Crippen LogP contribution in [0.3, 0.4) is 0 Å². The molecule has 2 aliphatic heterocycles. The lowest BCUT2D eigenvalue weighted by atomic mass is 10.1. The molecule has 0 aliphatic carbocycles. The molecule has 1 N–H and O–H groups in total. The van der Waals surface area contributed by atoms with Crippen LogP contribution in [0.15, 0.2) is 66.7 Å². The maximum Gasteiger partial charge on any atom is 0.255 e. The molecule has 0 unspecified atom stereocenters. The summed E-state index contributed by atoms with van der Waals surface area (Å²) in [6, 6.07) is 22.0. The predicted octanol–water partition coefficient (Wildman–Crippen LogP) is 4.04.